The van der Waals surface area contributed by atoms with Gasteiger partial charge in [0, 0.05) is 35.8 Å². The van der Waals surface area contributed by atoms with Gasteiger partial charge >= 0.3 is 0 Å². The molecule has 0 aliphatic rings. The fourth-order valence-electron chi connectivity index (χ4n) is 2.06. The molecule has 6 nitrogen and oxygen atoms in total. The number of hydrogen-bond donors (Lipinski definition) is 3. The Kier molecular flexibility index (Phi) is 6.83. The van der Waals surface area contributed by atoms with Crippen LogP contribution in [-0.2, 0) is 0 Å². The summed E-state index contributed by atoms with van der Waals surface area (Å²) in [5.41, 5.74) is 7.64. The second-order valence-corrected chi connectivity index (χ2v) is 7.01. The number of rotatable bonds is 7. The van der Waals surface area contributed by atoms with Gasteiger partial charge in [-0.25, -0.2) is 9.97 Å². The molecule has 2 heterocycles. The topological polar surface area (TPSA) is 84.1 Å². The third-order valence-electron chi connectivity index (χ3n) is 3.56. The van der Waals surface area contributed by atoms with Crippen molar-refractivity contribution in [3.05, 3.63) is 40.7 Å². The molecule has 0 bridgehead atoms. The van der Waals surface area contributed by atoms with E-state index in [9.17, 15) is 4.79 Å². The Balaban J connectivity index is 2.03. The van der Waals surface area contributed by atoms with E-state index in [0.29, 0.717) is 27.1 Å². The van der Waals surface area contributed by atoms with Crippen molar-refractivity contribution in [3.8, 4) is 0 Å². The summed E-state index contributed by atoms with van der Waals surface area (Å²) in [5, 5.41) is 5.69. The molecule has 134 valence electrons. The summed E-state index contributed by atoms with van der Waals surface area (Å²) in [6.45, 7) is 4.63. The van der Waals surface area contributed by atoms with Crippen LogP contribution in [0.3, 0.4) is 0 Å². The number of nitrogens with one attached hydrogen (secondary N) is 1. The van der Waals surface area contributed by atoms with Gasteiger partial charge in [-0.2, -0.15) is 0 Å². The van der Waals surface area contributed by atoms with Crippen LogP contribution >= 0.6 is 24.0 Å². The second kappa shape index (κ2) is 8.87. The van der Waals surface area contributed by atoms with Gasteiger partial charge in [0.25, 0.3) is 5.91 Å². The van der Waals surface area contributed by atoms with Gasteiger partial charge in [0.15, 0.2) is 5.13 Å². The van der Waals surface area contributed by atoms with Crippen LogP contribution < -0.4 is 11.1 Å². The highest BCUT2D eigenvalue weighted by molar-refractivity contribution is 7.90. The van der Waals surface area contributed by atoms with E-state index in [1.807, 2.05) is 12.4 Å². The Morgan fingerprint density at radius 1 is 1.44 bits per heavy atom. The smallest absolute Gasteiger partial charge is 0.255 e. The normalized spacial score (nSPS) is 11.8. The quantitative estimate of drug-likeness (QED) is 0.640. The molecule has 0 spiro atoms. The molecule has 0 atom stereocenters. The van der Waals surface area contributed by atoms with Crippen LogP contribution in [0.2, 0.25) is 0 Å². The Bertz CT molecular complexity index is 751. The van der Waals surface area contributed by atoms with Gasteiger partial charge in [-0.15, -0.1) is 24.0 Å². The molecular weight excluding hydrogens is 354 g/mol. The van der Waals surface area contributed by atoms with E-state index in [0.717, 1.165) is 25.1 Å². The van der Waals surface area contributed by atoms with Crippen LogP contribution in [-0.4, -0.2) is 34.4 Å². The molecule has 2 aromatic rings. The van der Waals surface area contributed by atoms with Gasteiger partial charge in [0.05, 0.1) is 11.3 Å². The number of allylic oxidation sites excluding steroid dienone is 1. The molecule has 0 aliphatic carbocycles. The summed E-state index contributed by atoms with van der Waals surface area (Å²) in [6.07, 6.45) is 3.63. The van der Waals surface area contributed by atoms with Gasteiger partial charge in [-0.05, 0) is 25.5 Å². The van der Waals surface area contributed by atoms with E-state index >= 15 is 0 Å². The highest BCUT2D eigenvalue weighted by atomic mass is 32.1. The first kappa shape index (κ1) is 19.3. The number of carbonyl (C=O) groups is 1. The van der Waals surface area contributed by atoms with E-state index in [1.54, 1.807) is 30.2 Å². The summed E-state index contributed by atoms with van der Waals surface area (Å²) in [7, 11) is 1.81. The Labute approximate surface area is 157 Å². The average Bonchev–Trinajstić information content (AvgIpc) is 3.07. The minimum atomic E-state index is -0.0210. The molecule has 25 heavy (non-hydrogen) atoms. The van der Waals surface area contributed by atoms with Crippen molar-refractivity contribution in [1.82, 2.24) is 14.9 Å². The lowest BCUT2D eigenvalue weighted by Crippen LogP contribution is -2.27. The summed E-state index contributed by atoms with van der Waals surface area (Å²) in [5.74, 6) is 0.607. The molecule has 0 unspecified atom stereocenters. The van der Waals surface area contributed by atoms with Crippen molar-refractivity contribution in [2.45, 2.75) is 26.7 Å². The number of hydrogen-bond acceptors (Lipinski definition) is 7. The van der Waals surface area contributed by atoms with Crippen LogP contribution in [0.25, 0.3) is 4.91 Å². The minimum absolute atomic E-state index is 0.0210. The van der Waals surface area contributed by atoms with Crippen molar-refractivity contribution in [3.63, 3.8) is 0 Å². The molecule has 0 fully saturated rings. The van der Waals surface area contributed by atoms with Crippen LogP contribution in [0.4, 0.5) is 10.9 Å². The maximum atomic E-state index is 12.3. The molecule has 0 aliphatic heterocycles. The monoisotopic (exact) mass is 377 g/mol. The number of nitrogens with zero attached hydrogens (tertiary/aromatic N) is 3. The lowest BCUT2D eigenvalue weighted by molar-refractivity contribution is 0.0793. The maximum Gasteiger partial charge on any atom is 0.255 e. The van der Waals surface area contributed by atoms with E-state index in [-0.39, 0.29) is 5.91 Å². The van der Waals surface area contributed by atoms with Crippen LogP contribution in [0.15, 0.2) is 29.4 Å². The van der Waals surface area contributed by atoms with Gasteiger partial charge < -0.3 is 16.0 Å². The van der Waals surface area contributed by atoms with Crippen LogP contribution in [0, 0.1) is 0 Å². The Morgan fingerprint density at radius 2 is 2.20 bits per heavy atom. The first-order chi connectivity index (χ1) is 11.9. The zero-order valence-electron chi connectivity index (χ0n) is 14.6. The number of pyridine rings is 1. The summed E-state index contributed by atoms with van der Waals surface area (Å²) < 4.78 is 0. The summed E-state index contributed by atoms with van der Waals surface area (Å²) in [4.78, 5) is 23.4. The molecule has 0 radical (unpaired) electrons. The Morgan fingerprint density at radius 3 is 2.80 bits per heavy atom. The fraction of sp³-hybridized carbons (Fsp3) is 0.353. The number of carbonyl (C=O) groups excluding carboxylic acids is 1. The number of nitrogens with two attached hydrogens (primary N) is 1. The minimum Gasteiger partial charge on any atom is -0.401 e. The molecule has 3 N–H and O–H groups in total. The van der Waals surface area contributed by atoms with Crippen molar-refractivity contribution >= 4 is 45.7 Å². The van der Waals surface area contributed by atoms with E-state index in [4.69, 9.17) is 5.73 Å². The lowest BCUT2D eigenvalue weighted by atomic mass is 10.2. The largest absolute Gasteiger partial charge is 0.401 e. The first-order valence-electron chi connectivity index (χ1n) is 8.02. The molecule has 2 aromatic heterocycles. The number of anilines is 2. The molecular formula is C17H23N5OS2. The molecule has 0 saturated heterocycles. The Hall–Kier alpha value is -2.06. The summed E-state index contributed by atoms with van der Waals surface area (Å²) >= 11 is 5.79. The average molecular weight is 378 g/mol. The number of aromatic nitrogens is 2. The van der Waals surface area contributed by atoms with Crippen molar-refractivity contribution < 1.29 is 4.79 Å². The summed E-state index contributed by atoms with van der Waals surface area (Å²) in [6, 6.07) is 3.54. The van der Waals surface area contributed by atoms with Crippen LogP contribution in [0.1, 0.15) is 42.7 Å². The zero-order valence-corrected chi connectivity index (χ0v) is 16.3. The highest BCUT2D eigenvalue weighted by Gasteiger charge is 2.12. The molecule has 2 rings (SSSR count). The zero-order chi connectivity index (χ0) is 18.4. The third kappa shape index (κ3) is 5.20. The first-order valence-corrected chi connectivity index (χ1v) is 9.34. The highest BCUT2D eigenvalue weighted by Crippen LogP contribution is 2.26. The van der Waals surface area contributed by atoms with Gasteiger partial charge in [0.2, 0.25) is 0 Å². The van der Waals surface area contributed by atoms with E-state index in [1.165, 1.54) is 11.3 Å². The predicted octanol–water partition coefficient (Wildman–Crippen LogP) is 3.73. The number of thiazole rings is 1. The van der Waals surface area contributed by atoms with Gasteiger partial charge in [0.1, 0.15) is 5.82 Å². The van der Waals surface area contributed by atoms with Crippen LogP contribution in [0.5, 0.6) is 0 Å². The lowest BCUT2D eigenvalue weighted by Gasteiger charge is -2.16. The molecule has 0 saturated carbocycles. The third-order valence-corrected chi connectivity index (χ3v) is 4.90. The predicted molar refractivity (Wildman–Crippen MR) is 107 cm³/mol. The fourth-order valence-corrected chi connectivity index (χ4v) is 2.97. The maximum absolute atomic E-state index is 12.3. The van der Waals surface area contributed by atoms with Gasteiger partial charge in [-0.1, -0.05) is 13.3 Å². The van der Waals surface area contributed by atoms with E-state index in [2.05, 4.69) is 34.8 Å². The number of amides is 1. The van der Waals surface area contributed by atoms with Crippen molar-refractivity contribution in [2.75, 3.05) is 18.9 Å². The van der Waals surface area contributed by atoms with Crippen molar-refractivity contribution in [1.29, 1.82) is 0 Å². The number of unbranched alkanes of at least 4 members (excludes halogenated alkanes) is 1. The van der Waals surface area contributed by atoms with Gasteiger partial charge in [-0.3, -0.25) is 4.79 Å². The van der Waals surface area contributed by atoms with E-state index < -0.39 is 0 Å². The molecule has 0 aromatic carbocycles. The second-order valence-electron chi connectivity index (χ2n) is 5.71. The number of thiol groups is 1. The molecule has 1 amide bonds. The van der Waals surface area contributed by atoms with Crippen molar-refractivity contribution in [2.24, 2.45) is 5.73 Å². The standard InChI is InChI=1S/C17H23N5OS2/c1-4-5-8-22(3)16(23)12-6-7-14(19-9-12)21-17-20-13(10-25-17)15(24)11(2)18/h6-7,9-10,24H,4-5,8,18H2,1-3H3,(H,19,20,21)/b15-11-. The SMILES string of the molecule is CCCCN(C)C(=O)c1ccc(Nc2nc(/C(S)=C(\C)N)cs2)nc1. The molecule has 8 heteroatoms.